The van der Waals surface area contributed by atoms with E-state index in [-0.39, 0.29) is 0 Å². The van der Waals surface area contributed by atoms with Gasteiger partial charge in [0.2, 0.25) is 0 Å². The van der Waals surface area contributed by atoms with E-state index in [0.717, 1.165) is 12.6 Å². The third kappa shape index (κ3) is 4.04. The molecular formula is C13H29N3. The van der Waals surface area contributed by atoms with Crippen LogP contribution in [-0.4, -0.2) is 55.6 Å². The van der Waals surface area contributed by atoms with Crippen LogP contribution in [0.4, 0.5) is 0 Å². The maximum Gasteiger partial charge on any atom is 0.0193 e. The molecule has 0 unspecified atom stereocenters. The lowest BCUT2D eigenvalue weighted by molar-refractivity contribution is 0.132. The van der Waals surface area contributed by atoms with Crippen LogP contribution in [0.15, 0.2) is 0 Å². The number of hydrogen-bond donors (Lipinski definition) is 1. The summed E-state index contributed by atoms with van der Waals surface area (Å²) in [6, 6.07) is 1.07. The van der Waals surface area contributed by atoms with Gasteiger partial charge in [-0.3, -0.25) is 0 Å². The molecule has 0 radical (unpaired) electrons. The maximum absolute atomic E-state index is 6.21. The van der Waals surface area contributed by atoms with Crippen LogP contribution < -0.4 is 5.73 Å². The minimum Gasteiger partial charge on any atom is -0.326 e. The first kappa shape index (κ1) is 13.9. The van der Waals surface area contributed by atoms with Crippen LogP contribution in [0.1, 0.15) is 33.1 Å². The quantitative estimate of drug-likeness (QED) is 0.770. The van der Waals surface area contributed by atoms with Crippen molar-refractivity contribution in [3.05, 3.63) is 0 Å². The Hall–Kier alpha value is -0.120. The van der Waals surface area contributed by atoms with Gasteiger partial charge in [0.15, 0.2) is 0 Å². The number of nitrogens with two attached hydrogens (primary N) is 1. The zero-order valence-electron chi connectivity index (χ0n) is 11.4. The lowest BCUT2D eigenvalue weighted by atomic mass is 9.97. The van der Waals surface area contributed by atoms with Crippen molar-refractivity contribution < 1.29 is 0 Å². The Morgan fingerprint density at radius 2 is 1.94 bits per heavy atom. The number of hydrogen-bond acceptors (Lipinski definition) is 3. The van der Waals surface area contributed by atoms with Gasteiger partial charge in [0.1, 0.15) is 0 Å². The number of likely N-dealkylation sites (tertiary alicyclic amines) is 1. The molecule has 1 fully saturated rings. The van der Waals surface area contributed by atoms with E-state index in [9.17, 15) is 0 Å². The third-order valence-corrected chi connectivity index (χ3v) is 4.19. The molecule has 1 heterocycles. The minimum absolute atomic E-state index is 0.328. The molecule has 3 nitrogen and oxygen atoms in total. The molecule has 0 bridgehead atoms. The Balaban J connectivity index is 2.31. The molecule has 0 amide bonds. The van der Waals surface area contributed by atoms with Crippen molar-refractivity contribution in [2.75, 3.05) is 33.7 Å². The van der Waals surface area contributed by atoms with Crippen molar-refractivity contribution in [3.8, 4) is 0 Å². The third-order valence-electron chi connectivity index (χ3n) is 4.19. The SMILES string of the molecule is CC[C@H](C)[C@H](N)CN(C)C1CCN(C)CC1. The molecule has 0 aromatic carbocycles. The van der Waals surface area contributed by atoms with Crippen molar-refractivity contribution in [1.29, 1.82) is 0 Å². The van der Waals surface area contributed by atoms with E-state index in [4.69, 9.17) is 5.73 Å². The van der Waals surface area contributed by atoms with E-state index in [1.165, 1.54) is 32.4 Å². The van der Waals surface area contributed by atoms with E-state index in [1.54, 1.807) is 0 Å². The van der Waals surface area contributed by atoms with E-state index >= 15 is 0 Å². The predicted octanol–water partition coefficient (Wildman–Crippen LogP) is 1.39. The summed E-state index contributed by atoms with van der Waals surface area (Å²) in [5.74, 6) is 0.633. The van der Waals surface area contributed by atoms with Gasteiger partial charge in [-0.25, -0.2) is 0 Å². The van der Waals surface area contributed by atoms with Gasteiger partial charge in [-0.1, -0.05) is 20.3 Å². The molecule has 96 valence electrons. The molecule has 1 rings (SSSR count). The zero-order chi connectivity index (χ0) is 12.1. The average molecular weight is 227 g/mol. The number of rotatable bonds is 5. The second kappa shape index (κ2) is 6.58. The lowest BCUT2D eigenvalue weighted by Gasteiger charge is -2.37. The molecule has 3 heteroatoms. The minimum atomic E-state index is 0.328. The molecule has 0 aromatic rings. The smallest absolute Gasteiger partial charge is 0.0193 e. The second-order valence-electron chi connectivity index (χ2n) is 5.52. The van der Waals surface area contributed by atoms with E-state index in [1.807, 2.05) is 0 Å². The standard InChI is InChI=1S/C13H29N3/c1-5-11(2)13(14)10-16(4)12-6-8-15(3)9-7-12/h11-13H,5-10,14H2,1-4H3/t11-,13+/m0/s1. The molecular weight excluding hydrogens is 198 g/mol. The maximum atomic E-state index is 6.21. The summed E-state index contributed by atoms with van der Waals surface area (Å²) in [7, 11) is 4.44. The van der Waals surface area contributed by atoms with Crippen molar-refractivity contribution in [1.82, 2.24) is 9.80 Å². The molecule has 1 aliphatic rings. The van der Waals surface area contributed by atoms with Crippen LogP contribution in [0.3, 0.4) is 0 Å². The summed E-state index contributed by atoms with van der Waals surface area (Å²) in [4.78, 5) is 4.89. The van der Waals surface area contributed by atoms with Crippen LogP contribution in [0, 0.1) is 5.92 Å². The van der Waals surface area contributed by atoms with Gasteiger partial charge >= 0.3 is 0 Å². The van der Waals surface area contributed by atoms with Crippen LogP contribution in [0.2, 0.25) is 0 Å². The van der Waals surface area contributed by atoms with Crippen molar-refractivity contribution in [2.24, 2.45) is 11.7 Å². The summed E-state index contributed by atoms with van der Waals surface area (Å²) in [5.41, 5.74) is 6.21. The Kier molecular flexibility index (Phi) is 5.73. The van der Waals surface area contributed by atoms with Crippen molar-refractivity contribution in [3.63, 3.8) is 0 Å². The topological polar surface area (TPSA) is 32.5 Å². The highest BCUT2D eigenvalue weighted by molar-refractivity contribution is 4.80. The highest BCUT2D eigenvalue weighted by Gasteiger charge is 2.22. The summed E-state index contributed by atoms with van der Waals surface area (Å²) >= 11 is 0. The molecule has 16 heavy (non-hydrogen) atoms. The molecule has 1 aliphatic heterocycles. The first-order valence-corrected chi connectivity index (χ1v) is 6.69. The molecule has 0 spiro atoms. The van der Waals surface area contributed by atoms with Gasteiger partial charge in [0.05, 0.1) is 0 Å². The number of nitrogens with zero attached hydrogens (tertiary/aromatic N) is 2. The molecule has 0 saturated carbocycles. The summed E-state index contributed by atoms with van der Waals surface area (Å²) < 4.78 is 0. The Morgan fingerprint density at radius 1 is 1.38 bits per heavy atom. The van der Waals surface area contributed by atoms with Gasteiger partial charge in [0, 0.05) is 18.6 Å². The van der Waals surface area contributed by atoms with Crippen LogP contribution in [-0.2, 0) is 0 Å². The number of likely N-dealkylation sites (N-methyl/N-ethyl adjacent to an activating group) is 1. The fraction of sp³-hybridized carbons (Fsp3) is 1.00. The van der Waals surface area contributed by atoms with Gasteiger partial charge in [-0.2, -0.15) is 0 Å². The average Bonchev–Trinajstić information content (AvgIpc) is 2.28. The molecule has 1 saturated heterocycles. The van der Waals surface area contributed by atoms with Crippen LogP contribution >= 0.6 is 0 Å². The summed E-state index contributed by atoms with van der Waals surface area (Å²) in [5, 5.41) is 0. The molecule has 0 aliphatic carbocycles. The van der Waals surface area contributed by atoms with E-state index in [0.29, 0.717) is 12.0 Å². The fourth-order valence-corrected chi connectivity index (χ4v) is 2.40. The molecule has 2 N–H and O–H groups in total. The van der Waals surface area contributed by atoms with Crippen LogP contribution in [0.5, 0.6) is 0 Å². The van der Waals surface area contributed by atoms with E-state index < -0.39 is 0 Å². The van der Waals surface area contributed by atoms with Crippen molar-refractivity contribution in [2.45, 2.75) is 45.2 Å². The molecule has 2 atom stereocenters. The predicted molar refractivity (Wildman–Crippen MR) is 70.6 cm³/mol. The largest absolute Gasteiger partial charge is 0.326 e. The van der Waals surface area contributed by atoms with Gasteiger partial charge in [-0.05, 0) is 45.9 Å². The zero-order valence-corrected chi connectivity index (χ0v) is 11.4. The Labute approximate surface area is 101 Å². The molecule has 0 aromatic heterocycles. The monoisotopic (exact) mass is 227 g/mol. The van der Waals surface area contributed by atoms with Crippen molar-refractivity contribution >= 4 is 0 Å². The summed E-state index contributed by atoms with van der Waals surface area (Å²) in [6.07, 6.45) is 3.77. The highest BCUT2D eigenvalue weighted by Crippen LogP contribution is 2.15. The van der Waals surface area contributed by atoms with Gasteiger partial charge < -0.3 is 15.5 Å². The fourth-order valence-electron chi connectivity index (χ4n) is 2.40. The Bertz CT molecular complexity index is 188. The Morgan fingerprint density at radius 3 is 2.44 bits per heavy atom. The second-order valence-corrected chi connectivity index (χ2v) is 5.52. The highest BCUT2D eigenvalue weighted by atomic mass is 15.2. The van der Waals surface area contributed by atoms with Crippen LogP contribution in [0.25, 0.3) is 0 Å². The van der Waals surface area contributed by atoms with E-state index in [2.05, 4.69) is 37.7 Å². The number of piperidine rings is 1. The first-order valence-electron chi connectivity index (χ1n) is 6.69. The normalized spacial score (nSPS) is 23.6. The van der Waals surface area contributed by atoms with Gasteiger partial charge in [-0.15, -0.1) is 0 Å². The first-order chi connectivity index (χ1) is 7.54. The lowest BCUT2D eigenvalue weighted by Crippen LogP contribution is -2.47. The van der Waals surface area contributed by atoms with Gasteiger partial charge in [0.25, 0.3) is 0 Å². The summed E-state index contributed by atoms with van der Waals surface area (Å²) in [6.45, 7) is 7.98.